The summed E-state index contributed by atoms with van der Waals surface area (Å²) in [6.07, 6.45) is 1.09. The summed E-state index contributed by atoms with van der Waals surface area (Å²) in [6, 6.07) is 0. The number of thioether (sulfide) groups is 1. The maximum absolute atomic E-state index is 12.5. The quantitative estimate of drug-likeness (QED) is 0.613. The molecular weight excluding hydrogens is 384 g/mol. The molecule has 2 saturated heterocycles. The second-order valence-electron chi connectivity index (χ2n) is 7.78. The SMILES string of the molecule is [2H]C1CC(=O)N(OC(=O)C2CCC(CN3C(=O)CC(SC(C)C)C3=O)CC2)C1=O. The molecule has 0 aromatic carbocycles. The molecule has 0 spiro atoms. The Morgan fingerprint density at radius 3 is 2.39 bits per heavy atom. The molecule has 4 amide bonds. The predicted octanol–water partition coefficient (Wildman–Crippen LogP) is 1.67. The molecule has 2 unspecified atom stereocenters. The lowest BCUT2D eigenvalue weighted by Gasteiger charge is -2.30. The predicted molar refractivity (Wildman–Crippen MR) is 100 cm³/mol. The van der Waals surface area contributed by atoms with E-state index in [1.54, 1.807) is 0 Å². The van der Waals surface area contributed by atoms with Crippen LogP contribution in [0.1, 0.15) is 60.1 Å². The molecule has 28 heavy (non-hydrogen) atoms. The number of hydroxylamine groups is 2. The van der Waals surface area contributed by atoms with Crippen molar-refractivity contribution in [1.82, 2.24) is 9.96 Å². The van der Waals surface area contributed by atoms with Gasteiger partial charge in [0.2, 0.25) is 11.8 Å². The van der Waals surface area contributed by atoms with Crippen LogP contribution in [0.3, 0.4) is 0 Å². The fourth-order valence-electron chi connectivity index (χ4n) is 3.84. The van der Waals surface area contributed by atoms with Crippen LogP contribution in [-0.4, -0.2) is 56.6 Å². The zero-order chi connectivity index (χ0) is 21.3. The molecule has 1 aliphatic carbocycles. The first-order valence-electron chi connectivity index (χ1n) is 10.3. The molecule has 3 fully saturated rings. The van der Waals surface area contributed by atoms with Gasteiger partial charge in [-0.15, -0.1) is 16.8 Å². The van der Waals surface area contributed by atoms with E-state index in [0.29, 0.717) is 37.3 Å². The maximum atomic E-state index is 12.5. The minimum atomic E-state index is -1.21. The molecule has 0 radical (unpaired) electrons. The number of likely N-dealkylation sites (tertiary alicyclic amines) is 1. The first-order valence-corrected chi connectivity index (χ1v) is 10.6. The van der Waals surface area contributed by atoms with Gasteiger partial charge in [0, 0.05) is 27.2 Å². The third-order valence-corrected chi connectivity index (χ3v) is 6.56. The Labute approximate surface area is 169 Å². The smallest absolute Gasteiger partial charge is 0.330 e. The number of amides is 4. The van der Waals surface area contributed by atoms with Crippen molar-refractivity contribution in [3.8, 4) is 0 Å². The third-order valence-electron chi connectivity index (χ3n) is 5.32. The van der Waals surface area contributed by atoms with E-state index in [2.05, 4.69) is 0 Å². The summed E-state index contributed by atoms with van der Waals surface area (Å²) in [6.45, 7) is 4.37. The molecule has 0 aromatic rings. The molecule has 2 atom stereocenters. The van der Waals surface area contributed by atoms with Crippen molar-refractivity contribution in [3.05, 3.63) is 0 Å². The average Bonchev–Trinajstić information content (AvgIpc) is 3.05. The Morgan fingerprint density at radius 1 is 1.14 bits per heavy atom. The Bertz CT molecular complexity index is 721. The van der Waals surface area contributed by atoms with Crippen LogP contribution in [-0.2, 0) is 28.8 Å². The summed E-state index contributed by atoms with van der Waals surface area (Å²) >= 11 is 1.51. The molecule has 154 valence electrons. The summed E-state index contributed by atoms with van der Waals surface area (Å²) in [7, 11) is 0. The normalized spacial score (nSPS) is 31.8. The first-order chi connectivity index (χ1) is 13.7. The molecule has 2 aliphatic heterocycles. The molecule has 2 heterocycles. The maximum Gasteiger partial charge on any atom is 0.336 e. The number of imide groups is 2. The molecule has 3 rings (SSSR count). The molecule has 0 N–H and O–H groups in total. The molecule has 9 heteroatoms. The lowest BCUT2D eigenvalue weighted by molar-refractivity contribution is -0.201. The fourth-order valence-corrected chi connectivity index (χ4v) is 4.98. The topological polar surface area (TPSA) is 101 Å². The first kappa shape index (κ1) is 19.4. The Balaban J connectivity index is 1.47. The number of carbonyl (C=O) groups is 5. The zero-order valence-corrected chi connectivity index (χ0v) is 16.9. The van der Waals surface area contributed by atoms with E-state index in [4.69, 9.17) is 6.21 Å². The second kappa shape index (κ2) is 8.63. The summed E-state index contributed by atoms with van der Waals surface area (Å²) in [4.78, 5) is 66.7. The summed E-state index contributed by atoms with van der Waals surface area (Å²) in [5, 5.41) is 0.392. The van der Waals surface area contributed by atoms with Crippen LogP contribution in [0.4, 0.5) is 0 Å². The standard InChI is InChI=1S/C19H26N2O6S/c1-11(2)28-14-9-17(24)20(18(14)25)10-12-3-5-13(6-4-12)19(26)27-21-15(22)7-8-16(21)23/h11-14H,3-10H2,1-2H3/i7D. The summed E-state index contributed by atoms with van der Waals surface area (Å²) in [5.74, 6) is -2.68. The molecule has 0 bridgehead atoms. The summed E-state index contributed by atoms with van der Waals surface area (Å²) < 4.78 is 7.44. The highest BCUT2D eigenvalue weighted by Crippen LogP contribution is 2.34. The van der Waals surface area contributed by atoms with E-state index in [1.165, 1.54) is 16.7 Å². The summed E-state index contributed by atoms with van der Waals surface area (Å²) in [5.41, 5.74) is 0. The lowest BCUT2D eigenvalue weighted by atomic mass is 9.82. The minimum absolute atomic E-state index is 0.119. The van der Waals surface area contributed by atoms with Gasteiger partial charge in [-0.3, -0.25) is 24.1 Å². The van der Waals surface area contributed by atoms with Crippen molar-refractivity contribution < 1.29 is 30.2 Å². The Morgan fingerprint density at radius 2 is 1.82 bits per heavy atom. The number of hydrogen-bond acceptors (Lipinski definition) is 7. The molecule has 1 saturated carbocycles. The van der Waals surface area contributed by atoms with E-state index in [1.807, 2.05) is 13.8 Å². The largest absolute Gasteiger partial charge is 0.336 e. The van der Waals surface area contributed by atoms with E-state index < -0.39 is 30.1 Å². The van der Waals surface area contributed by atoms with Crippen molar-refractivity contribution in [2.24, 2.45) is 11.8 Å². The van der Waals surface area contributed by atoms with Gasteiger partial charge in [-0.05, 0) is 36.9 Å². The van der Waals surface area contributed by atoms with Crippen LogP contribution < -0.4 is 0 Å². The van der Waals surface area contributed by atoms with Gasteiger partial charge in [0.1, 0.15) is 0 Å². The molecule has 3 aliphatic rings. The van der Waals surface area contributed by atoms with Gasteiger partial charge >= 0.3 is 5.97 Å². The fraction of sp³-hybridized carbons (Fsp3) is 0.737. The second-order valence-corrected chi connectivity index (χ2v) is 9.57. The highest BCUT2D eigenvalue weighted by Gasteiger charge is 2.41. The lowest BCUT2D eigenvalue weighted by Crippen LogP contribution is -2.39. The van der Waals surface area contributed by atoms with Crippen LogP contribution in [0, 0.1) is 11.8 Å². The number of hydrogen-bond donors (Lipinski definition) is 0. The molecule has 0 aromatic heterocycles. The van der Waals surface area contributed by atoms with Crippen molar-refractivity contribution in [2.45, 2.75) is 69.3 Å². The van der Waals surface area contributed by atoms with Crippen molar-refractivity contribution in [1.29, 1.82) is 0 Å². The van der Waals surface area contributed by atoms with Crippen molar-refractivity contribution in [3.63, 3.8) is 0 Å². The molecule has 8 nitrogen and oxygen atoms in total. The average molecular weight is 411 g/mol. The van der Waals surface area contributed by atoms with Gasteiger partial charge in [-0.1, -0.05) is 13.8 Å². The highest BCUT2D eigenvalue weighted by molar-refractivity contribution is 8.01. The van der Waals surface area contributed by atoms with Crippen LogP contribution in [0.2, 0.25) is 0 Å². The Kier molecular flexibility index (Phi) is 5.99. The highest BCUT2D eigenvalue weighted by atomic mass is 32.2. The van der Waals surface area contributed by atoms with Gasteiger partial charge in [-0.25, -0.2) is 4.79 Å². The minimum Gasteiger partial charge on any atom is -0.330 e. The van der Waals surface area contributed by atoms with Gasteiger partial charge in [0.25, 0.3) is 11.8 Å². The number of rotatable bonds is 6. The van der Waals surface area contributed by atoms with Crippen LogP contribution >= 0.6 is 11.8 Å². The van der Waals surface area contributed by atoms with Crippen LogP contribution in [0.25, 0.3) is 0 Å². The van der Waals surface area contributed by atoms with E-state index in [-0.39, 0.29) is 41.1 Å². The van der Waals surface area contributed by atoms with Gasteiger partial charge in [-0.2, -0.15) is 0 Å². The zero-order valence-electron chi connectivity index (χ0n) is 17.1. The van der Waals surface area contributed by atoms with Crippen LogP contribution in [0.15, 0.2) is 0 Å². The van der Waals surface area contributed by atoms with E-state index in [0.717, 1.165) is 0 Å². The monoisotopic (exact) mass is 411 g/mol. The number of nitrogens with zero attached hydrogens (tertiary/aromatic N) is 2. The Hall–Kier alpha value is -1.90. The third kappa shape index (κ3) is 4.56. The van der Waals surface area contributed by atoms with E-state index >= 15 is 0 Å². The van der Waals surface area contributed by atoms with Gasteiger partial charge in [0.15, 0.2) is 0 Å². The number of carbonyl (C=O) groups excluding carboxylic acids is 5. The molecular formula is C19H26N2O6S. The van der Waals surface area contributed by atoms with Gasteiger partial charge in [0.05, 0.1) is 11.2 Å². The van der Waals surface area contributed by atoms with Crippen molar-refractivity contribution in [2.75, 3.05) is 6.54 Å². The van der Waals surface area contributed by atoms with Crippen molar-refractivity contribution >= 4 is 41.4 Å². The van der Waals surface area contributed by atoms with Crippen LogP contribution in [0.5, 0.6) is 0 Å². The van der Waals surface area contributed by atoms with Gasteiger partial charge < -0.3 is 4.84 Å². The van der Waals surface area contributed by atoms with E-state index in [9.17, 15) is 24.0 Å².